The van der Waals surface area contributed by atoms with Crippen LogP contribution in [0.1, 0.15) is 17.4 Å². The van der Waals surface area contributed by atoms with Gasteiger partial charge in [0.15, 0.2) is 0 Å². The van der Waals surface area contributed by atoms with Crippen LogP contribution in [0.5, 0.6) is 0 Å². The molecule has 0 spiro atoms. The molecule has 1 aromatic carbocycles. The van der Waals surface area contributed by atoms with Gasteiger partial charge in [0, 0.05) is 18.1 Å². The van der Waals surface area contributed by atoms with Gasteiger partial charge >= 0.3 is 0 Å². The van der Waals surface area contributed by atoms with Crippen molar-refractivity contribution in [1.82, 2.24) is 9.88 Å². The third-order valence-electron chi connectivity index (χ3n) is 3.38. The molecule has 1 atom stereocenters. The standard InChI is InChI=1S/C15H13N3OS/c16-7-3-9-18-14(19)10-20-15(18)12-6-8-17-13-5-2-1-4-11(12)13/h1-2,4-6,8,15H,3,9-10H2. The van der Waals surface area contributed by atoms with Crippen molar-refractivity contribution < 1.29 is 4.79 Å². The molecule has 0 radical (unpaired) electrons. The summed E-state index contributed by atoms with van der Waals surface area (Å²) in [6.45, 7) is 0.490. The Morgan fingerprint density at radius 2 is 2.25 bits per heavy atom. The minimum Gasteiger partial charge on any atom is -0.325 e. The summed E-state index contributed by atoms with van der Waals surface area (Å²) in [6.07, 6.45) is 2.15. The maximum atomic E-state index is 12.0. The van der Waals surface area contributed by atoms with Crippen LogP contribution in [-0.4, -0.2) is 28.1 Å². The number of rotatable bonds is 3. The maximum Gasteiger partial charge on any atom is 0.233 e. The number of hydrogen-bond donors (Lipinski definition) is 0. The number of thioether (sulfide) groups is 1. The molecule has 5 heteroatoms. The molecule has 20 heavy (non-hydrogen) atoms. The number of pyridine rings is 1. The lowest BCUT2D eigenvalue weighted by Crippen LogP contribution is -2.29. The fourth-order valence-electron chi connectivity index (χ4n) is 2.46. The summed E-state index contributed by atoms with van der Waals surface area (Å²) in [4.78, 5) is 18.1. The molecule has 0 saturated carbocycles. The van der Waals surface area contributed by atoms with Crippen molar-refractivity contribution in [2.24, 2.45) is 0 Å². The fourth-order valence-corrected chi connectivity index (χ4v) is 3.71. The average Bonchev–Trinajstić information content (AvgIpc) is 2.85. The molecule has 1 aliphatic heterocycles. The largest absolute Gasteiger partial charge is 0.325 e. The Kier molecular flexibility index (Phi) is 3.57. The zero-order chi connectivity index (χ0) is 13.9. The highest BCUT2D eigenvalue weighted by atomic mass is 32.2. The highest BCUT2D eigenvalue weighted by Crippen LogP contribution is 2.40. The predicted molar refractivity (Wildman–Crippen MR) is 78.9 cm³/mol. The monoisotopic (exact) mass is 283 g/mol. The number of para-hydroxylation sites is 1. The van der Waals surface area contributed by atoms with Crippen LogP contribution in [0.2, 0.25) is 0 Å². The molecule has 1 aromatic heterocycles. The van der Waals surface area contributed by atoms with Gasteiger partial charge in [0.05, 0.1) is 23.8 Å². The summed E-state index contributed by atoms with van der Waals surface area (Å²) in [6, 6.07) is 12.0. The molecule has 2 heterocycles. The lowest BCUT2D eigenvalue weighted by molar-refractivity contribution is -0.127. The number of nitrogens with zero attached hydrogens (tertiary/aromatic N) is 3. The van der Waals surface area contributed by atoms with E-state index in [1.54, 1.807) is 22.9 Å². The number of carbonyl (C=O) groups excluding carboxylic acids is 1. The lowest BCUT2D eigenvalue weighted by Gasteiger charge is -2.24. The van der Waals surface area contributed by atoms with Crippen LogP contribution in [0.25, 0.3) is 10.9 Å². The highest BCUT2D eigenvalue weighted by molar-refractivity contribution is 8.00. The van der Waals surface area contributed by atoms with E-state index in [9.17, 15) is 4.79 Å². The number of benzene rings is 1. The van der Waals surface area contributed by atoms with Crippen LogP contribution >= 0.6 is 11.8 Å². The molecule has 1 saturated heterocycles. The van der Waals surface area contributed by atoms with Crippen molar-refractivity contribution in [2.45, 2.75) is 11.8 Å². The summed E-state index contributed by atoms with van der Waals surface area (Å²) in [7, 11) is 0. The number of carbonyl (C=O) groups is 1. The molecular weight excluding hydrogens is 270 g/mol. The van der Waals surface area contributed by atoms with Crippen LogP contribution in [0, 0.1) is 11.3 Å². The summed E-state index contributed by atoms with van der Waals surface area (Å²) in [5.74, 6) is 0.586. The Morgan fingerprint density at radius 1 is 1.40 bits per heavy atom. The molecule has 1 amide bonds. The van der Waals surface area contributed by atoms with E-state index in [2.05, 4.69) is 11.1 Å². The second-order valence-corrected chi connectivity index (χ2v) is 5.64. The van der Waals surface area contributed by atoms with Gasteiger partial charge in [-0.1, -0.05) is 18.2 Å². The summed E-state index contributed by atoms with van der Waals surface area (Å²) >= 11 is 1.62. The highest BCUT2D eigenvalue weighted by Gasteiger charge is 2.33. The van der Waals surface area contributed by atoms with E-state index < -0.39 is 0 Å². The van der Waals surface area contributed by atoms with E-state index in [1.165, 1.54) is 0 Å². The summed E-state index contributed by atoms with van der Waals surface area (Å²) in [5, 5.41) is 9.80. The van der Waals surface area contributed by atoms with E-state index in [-0.39, 0.29) is 11.3 Å². The molecule has 0 aliphatic carbocycles. The molecule has 2 aromatic rings. The van der Waals surface area contributed by atoms with Gasteiger partial charge in [-0.3, -0.25) is 9.78 Å². The van der Waals surface area contributed by atoms with Crippen LogP contribution in [0.4, 0.5) is 0 Å². The van der Waals surface area contributed by atoms with Gasteiger partial charge in [-0.05, 0) is 17.7 Å². The SMILES string of the molecule is N#CCCN1C(=O)CSC1c1ccnc2ccccc12. The second-order valence-electron chi connectivity index (χ2n) is 4.58. The third kappa shape index (κ3) is 2.23. The zero-order valence-electron chi connectivity index (χ0n) is 10.8. The Bertz CT molecular complexity index is 690. The smallest absolute Gasteiger partial charge is 0.233 e. The Labute approximate surface area is 121 Å². The molecule has 1 aliphatic rings. The first-order chi connectivity index (χ1) is 9.81. The maximum absolute atomic E-state index is 12.0. The molecule has 0 N–H and O–H groups in total. The van der Waals surface area contributed by atoms with Crippen LogP contribution in [0.15, 0.2) is 36.5 Å². The molecule has 1 unspecified atom stereocenters. The zero-order valence-corrected chi connectivity index (χ0v) is 11.6. The number of hydrogen-bond acceptors (Lipinski definition) is 4. The summed E-state index contributed by atoms with van der Waals surface area (Å²) < 4.78 is 0. The van der Waals surface area contributed by atoms with Gasteiger partial charge in [0.1, 0.15) is 5.37 Å². The number of aromatic nitrogens is 1. The molecule has 0 bridgehead atoms. The Morgan fingerprint density at radius 3 is 3.10 bits per heavy atom. The van der Waals surface area contributed by atoms with Crippen molar-refractivity contribution in [3.05, 3.63) is 42.1 Å². The number of fused-ring (bicyclic) bond motifs is 1. The van der Waals surface area contributed by atoms with Crippen molar-refractivity contribution in [1.29, 1.82) is 5.26 Å². The van der Waals surface area contributed by atoms with Gasteiger partial charge in [-0.25, -0.2) is 0 Å². The van der Waals surface area contributed by atoms with Crippen LogP contribution in [0.3, 0.4) is 0 Å². The minimum absolute atomic E-state index is 0.0104. The quantitative estimate of drug-likeness (QED) is 0.869. The van der Waals surface area contributed by atoms with Crippen LogP contribution in [-0.2, 0) is 4.79 Å². The number of amides is 1. The molecule has 100 valence electrons. The van der Waals surface area contributed by atoms with Crippen molar-refractivity contribution in [3.8, 4) is 6.07 Å². The molecule has 3 rings (SSSR count). The lowest BCUT2D eigenvalue weighted by atomic mass is 10.1. The molecular formula is C15H13N3OS. The van der Waals surface area contributed by atoms with E-state index in [0.717, 1.165) is 16.5 Å². The van der Waals surface area contributed by atoms with E-state index in [1.807, 2.05) is 30.3 Å². The Balaban J connectivity index is 2.02. The van der Waals surface area contributed by atoms with Gasteiger partial charge in [0.25, 0.3) is 0 Å². The second kappa shape index (κ2) is 5.51. The van der Waals surface area contributed by atoms with E-state index in [4.69, 9.17) is 5.26 Å². The first-order valence-corrected chi connectivity index (χ1v) is 7.48. The average molecular weight is 283 g/mol. The first kappa shape index (κ1) is 12.9. The van der Waals surface area contributed by atoms with Crippen molar-refractivity contribution in [2.75, 3.05) is 12.3 Å². The topological polar surface area (TPSA) is 57.0 Å². The van der Waals surface area contributed by atoms with Crippen LogP contribution < -0.4 is 0 Å². The molecule has 1 fully saturated rings. The van der Waals surface area contributed by atoms with Gasteiger partial charge in [-0.2, -0.15) is 5.26 Å². The number of nitriles is 1. The van der Waals surface area contributed by atoms with Crippen molar-refractivity contribution in [3.63, 3.8) is 0 Å². The fraction of sp³-hybridized carbons (Fsp3) is 0.267. The van der Waals surface area contributed by atoms with Gasteiger partial charge in [0.2, 0.25) is 5.91 Å². The van der Waals surface area contributed by atoms with E-state index >= 15 is 0 Å². The summed E-state index contributed by atoms with van der Waals surface area (Å²) in [5.41, 5.74) is 2.04. The Hall–Kier alpha value is -2.06. The normalized spacial score (nSPS) is 18.4. The van der Waals surface area contributed by atoms with Gasteiger partial charge in [-0.15, -0.1) is 11.8 Å². The van der Waals surface area contributed by atoms with E-state index in [0.29, 0.717) is 18.7 Å². The minimum atomic E-state index is -0.0104. The third-order valence-corrected chi connectivity index (χ3v) is 4.62. The van der Waals surface area contributed by atoms with Crippen molar-refractivity contribution >= 4 is 28.6 Å². The molecule has 4 nitrogen and oxygen atoms in total. The predicted octanol–water partition coefficient (Wildman–Crippen LogP) is 2.72. The van der Waals surface area contributed by atoms with Gasteiger partial charge < -0.3 is 4.90 Å². The first-order valence-electron chi connectivity index (χ1n) is 6.43.